The number of halogens is 1. The van der Waals surface area contributed by atoms with Gasteiger partial charge >= 0.3 is 11.9 Å². The second-order valence-corrected chi connectivity index (χ2v) is 12.5. The third kappa shape index (κ3) is 7.70. The molecule has 0 bridgehead atoms. The smallest absolute Gasteiger partial charge is 0.323 e. The van der Waals surface area contributed by atoms with E-state index < -0.39 is 24.1 Å². The lowest BCUT2D eigenvalue weighted by Crippen LogP contribution is -2.50. The van der Waals surface area contributed by atoms with Crippen LogP contribution < -0.4 is 5.32 Å². The summed E-state index contributed by atoms with van der Waals surface area (Å²) in [5.74, 6) is -0.942. The summed E-state index contributed by atoms with van der Waals surface area (Å²) in [6, 6.07) is 11.7. The van der Waals surface area contributed by atoms with Gasteiger partial charge in [-0.3, -0.25) is 19.3 Å². The molecule has 2 heterocycles. The Morgan fingerprint density at radius 3 is 2.35 bits per heavy atom. The number of nitrogens with one attached hydrogen (secondary N) is 1. The standard InChI is InChI=1S/C33H43ClN4O5/c1-7-12-38-23(3)22(2)26-17-25(18-28(30(26)38)35-19-24-10-8-9-11-27(24)34)31(40)37-15-13-36(14-16-37)20-29(39)42-21-43-32(41)33(4,5)6/h8-11,17-18,35H,7,12-16,19-21H2,1-6H3. The molecule has 3 aromatic rings. The van der Waals surface area contributed by atoms with E-state index >= 15 is 0 Å². The van der Waals surface area contributed by atoms with Crippen LogP contribution in [0.5, 0.6) is 0 Å². The van der Waals surface area contributed by atoms with Gasteiger partial charge in [-0.05, 0) is 70.4 Å². The molecule has 0 atom stereocenters. The van der Waals surface area contributed by atoms with E-state index in [1.807, 2.05) is 46.2 Å². The van der Waals surface area contributed by atoms with Crippen molar-refractivity contribution >= 4 is 46.0 Å². The van der Waals surface area contributed by atoms with E-state index in [1.165, 1.54) is 5.69 Å². The van der Waals surface area contributed by atoms with Gasteiger partial charge in [0.1, 0.15) is 0 Å². The van der Waals surface area contributed by atoms with Gasteiger partial charge in [-0.1, -0.05) is 36.7 Å². The molecular formula is C33H43ClN4O5. The van der Waals surface area contributed by atoms with Crippen LogP contribution in [0.15, 0.2) is 36.4 Å². The zero-order valence-corrected chi connectivity index (χ0v) is 26.8. The predicted octanol–water partition coefficient (Wildman–Crippen LogP) is 5.78. The first kappa shape index (κ1) is 32.4. The number of aromatic nitrogens is 1. The first-order chi connectivity index (χ1) is 20.4. The highest BCUT2D eigenvalue weighted by Gasteiger charge is 2.27. The van der Waals surface area contributed by atoms with Gasteiger partial charge in [0.25, 0.3) is 5.91 Å². The fraction of sp³-hybridized carbons (Fsp3) is 0.485. The molecule has 1 saturated heterocycles. The number of anilines is 1. The molecule has 0 aliphatic carbocycles. The molecule has 1 aliphatic rings. The molecule has 43 heavy (non-hydrogen) atoms. The van der Waals surface area contributed by atoms with Gasteiger partial charge in [-0.2, -0.15) is 0 Å². The number of esters is 2. The SMILES string of the molecule is CCCn1c(C)c(C)c2cc(C(=O)N3CCN(CC(=O)OCOC(=O)C(C)(C)C)CC3)cc(NCc3ccccc3Cl)c21. The van der Waals surface area contributed by atoms with Crippen LogP contribution in [0.2, 0.25) is 5.02 Å². The number of fused-ring (bicyclic) bond motifs is 1. The molecule has 9 nitrogen and oxygen atoms in total. The highest BCUT2D eigenvalue weighted by Crippen LogP contribution is 2.34. The number of benzene rings is 2. The number of aryl methyl sites for hydroxylation is 2. The summed E-state index contributed by atoms with van der Waals surface area (Å²) in [4.78, 5) is 41.7. The molecule has 0 unspecified atom stereocenters. The average Bonchev–Trinajstić information content (AvgIpc) is 3.21. The van der Waals surface area contributed by atoms with Crippen LogP contribution in [0.4, 0.5) is 5.69 Å². The quantitative estimate of drug-likeness (QED) is 0.230. The molecule has 0 saturated carbocycles. The Morgan fingerprint density at radius 1 is 1.00 bits per heavy atom. The zero-order valence-electron chi connectivity index (χ0n) is 26.1. The van der Waals surface area contributed by atoms with E-state index in [0.29, 0.717) is 43.3 Å². The van der Waals surface area contributed by atoms with Crippen LogP contribution in [-0.4, -0.2) is 71.7 Å². The van der Waals surface area contributed by atoms with Gasteiger partial charge in [-0.15, -0.1) is 0 Å². The fourth-order valence-electron chi connectivity index (χ4n) is 5.25. The van der Waals surface area contributed by atoms with Crippen LogP contribution >= 0.6 is 11.6 Å². The summed E-state index contributed by atoms with van der Waals surface area (Å²) in [5.41, 5.74) is 5.29. The molecule has 4 rings (SSSR count). The molecule has 1 N–H and O–H groups in total. The van der Waals surface area contributed by atoms with Crippen LogP contribution in [0.3, 0.4) is 0 Å². The van der Waals surface area contributed by atoms with E-state index in [1.54, 1.807) is 20.8 Å². The summed E-state index contributed by atoms with van der Waals surface area (Å²) in [6.07, 6.45) is 0.995. The molecular weight excluding hydrogens is 568 g/mol. The third-order valence-corrected chi connectivity index (χ3v) is 8.26. The highest BCUT2D eigenvalue weighted by atomic mass is 35.5. The lowest BCUT2D eigenvalue weighted by Gasteiger charge is -2.34. The zero-order chi connectivity index (χ0) is 31.3. The maximum atomic E-state index is 13.8. The molecule has 0 radical (unpaired) electrons. The Kier molecular flexibility index (Phi) is 10.4. The molecule has 10 heteroatoms. The van der Waals surface area contributed by atoms with Gasteiger partial charge in [0.2, 0.25) is 6.79 Å². The largest absolute Gasteiger partial charge is 0.427 e. The van der Waals surface area contributed by atoms with Crippen molar-refractivity contribution in [3.63, 3.8) is 0 Å². The number of carbonyl (C=O) groups is 3. The van der Waals surface area contributed by atoms with Crippen molar-refractivity contribution in [2.24, 2.45) is 5.41 Å². The number of hydrogen-bond acceptors (Lipinski definition) is 7. The Bertz CT molecular complexity index is 1480. The van der Waals surface area contributed by atoms with Crippen molar-refractivity contribution in [2.45, 2.75) is 61.1 Å². The minimum atomic E-state index is -0.663. The normalized spacial score (nSPS) is 14.2. The number of nitrogens with zero attached hydrogens (tertiary/aromatic N) is 3. The molecule has 232 valence electrons. The topological polar surface area (TPSA) is 93.1 Å². The Hall–Kier alpha value is -3.56. The summed E-state index contributed by atoms with van der Waals surface area (Å²) in [5, 5.41) is 5.33. The number of piperazine rings is 1. The molecule has 1 fully saturated rings. The Balaban J connectivity index is 1.45. The van der Waals surface area contributed by atoms with Gasteiger partial charge in [0.15, 0.2) is 0 Å². The Morgan fingerprint density at radius 2 is 1.70 bits per heavy atom. The number of carbonyl (C=O) groups excluding carboxylic acids is 3. The summed E-state index contributed by atoms with van der Waals surface area (Å²) in [6.45, 7) is 14.7. The van der Waals surface area contributed by atoms with Crippen LogP contribution in [0.25, 0.3) is 10.9 Å². The van der Waals surface area contributed by atoms with Crippen molar-refractivity contribution in [3.05, 3.63) is 63.8 Å². The monoisotopic (exact) mass is 610 g/mol. The van der Waals surface area contributed by atoms with E-state index in [0.717, 1.165) is 40.7 Å². The molecule has 1 aliphatic heterocycles. The van der Waals surface area contributed by atoms with Crippen molar-refractivity contribution in [1.82, 2.24) is 14.4 Å². The number of hydrogen-bond donors (Lipinski definition) is 1. The minimum absolute atomic E-state index is 0.0423. The lowest BCUT2D eigenvalue weighted by atomic mass is 9.98. The van der Waals surface area contributed by atoms with Crippen molar-refractivity contribution < 1.29 is 23.9 Å². The number of amides is 1. The number of rotatable bonds is 10. The Labute approximate surface area is 259 Å². The highest BCUT2D eigenvalue weighted by molar-refractivity contribution is 6.31. The van der Waals surface area contributed by atoms with E-state index in [9.17, 15) is 14.4 Å². The third-order valence-electron chi connectivity index (χ3n) is 7.89. The molecule has 1 aromatic heterocycles. The second-order valence-electron chi connectivity index (χ2n) is 12.1. The van der Waals surface area contributed by atoms with E-state index in [-0.39, 0.29) is 12.5 Å². The summed E-state index contributed by atoms with van der Waals surface area (Å²) < 4.78 is 12.4. The minimum Gasteiger partial charge on any atom is -0.427 e. The van der Waals surface area contributed by atoms with Crippen molar-refractivity contribution in [1.29, 1.82) is 0 Å². The van der Waals surface area contributed by atoms with Crippen LogP contribution in [0.1, 0.15) is 61.3 Å². The van der Waals surface area contributed by atoms with Crippen molar-refractivity contribution in [3.8, 4) is 0 Å². The van der Waals surface area contributed by atoms with E-state index in [2.05, 4.69) is 30.7 Å². The maximum Gasteiger partial charge on any atom is 0.323 e. The second kappa shape index (κ2) is 13.8. The predicted molar refractivity (Wildman–Crippen MR) is 169 cm³/mol. The lowest BCUT2D eigenvalue weighted by molar-refractivity contribution is -0.173. The van der Waals surface area contributed by atoms with Crippen LogP contribution in [0, 0.1) is 19.3 Å². The van der Waals surface area contributed by atoms with Crippen LogP contribution in [-0.2, 0) is 32.2 Å². The maximum absolute atomic E-state index is 13.8. The summed E-state index contributed by atoms with van der Waals surface area (Å²) >= 11 is 6.44. The molecule has 2 aromatic carbocycles. The van der Waals surface area contributed by atoms with Gasteiger partial charge < -0.3 is 24.3 Å². The fourth-order valence-corrected chi connectivity index (χ4v) is 5.46. The number of ether oxygens (including phenoxy) is 2. The van der Waals surface area contributed by atoms with E-state index in [4.69, 9.17) is 21.1 Å². The molecule has 0 spiro atoms. The average molecular weight is 611 g/mol. The molecule has 1 amide bonds. The summed E-state index contributed by atoms with van der Waals surface area (Å²) in [7, 11) is 0. The van der Waals surface area contributed by atoms with Gasteiger partial charge in [0.05, 0.1) is 23.2 Å². The first-order valence-corrected chi connectivity index (χ1v) is 15.2. The first-order valence-electron chi connectivity index (χ1n) is 14.9. The van der Waals surface area contributed by atoms with Crippen molar-refractivity contribution in [2.75, 3.05) is 44.8 Å². The van der Waals surface area contributed by atoms with Gasteiger partial charge in [-0.25, -0.2) is 0 Å². The van der Waals surface area contributed by atoms with Gasteiger partial charge in [0, 0.05) is 60.9 Å².